The zero-order valence-electron chi connectivity index (χ0n) is 9.02. The van der Waals surface area contributed by atoms with Crippen molar-refractivity contribution in [3.05, 3.63) is 0 Å². The molecule has 0 amide bonds. The van der Waals surface area contributed by atoms with Crippen LogP contribution in [0.1, 0.15) is 64.7 Å². The molecule has 78 valence electrons. The normalized spacial score (nSPS) is 21.7. The molecule has 1 nitrogen and oxygen atoms in total. The lowest BCUT2D eigenvalue weighted by molar-refractivity contribution is 0.137. The van der Waals surface area contributed by atoms with Crippen LogP contribution in [0.25, 0.3) is 0 Å². The highest BCUT2D eigenvalue weighted by molar-refractivity contribution is 4.82. The van der Waals surface area contributed by atoms with Crippen molar-refractivity contribution in [1.82, 2.24) is 0 Å². The van der Waals surface area contributed by atoms with Gasteiger partial charge in [-0.25, -0.2) is 0 Å². The molecule has 0 saturated heterocycles. The zero-order valence-corrected chi connectivity index (χ0v) is 9.02. The summed E-state index contributed by atoms with van der Waals surface area (Å²) < 4.78 is 0. The molecule has 0 aromatic heterocycles. The van der Waals surface area contributed by atoms with Gasteiger partial charge in [-0.15, -0.1) is 0 Å². The van der Waals surface area contributed by atoms with Gasteiger partial charge in [0.15, 0.2) is 0 Å². The highest BCUT2D eigenvalue weighted by atomic mass is 16.2. The van der Waals surface area contributed by atoms with Gasteiger partial charge in [-0.2, -0.15) is 0 Å². The van der Waals surface area contributed by atoms with Gasteiger partial charge in [0.05, 0.1) is 0 Å². The molecule has 1 saturated carbocycles. The molecule has 0 aliphatic heterocycles. The molecular weight excluding hydrogens is 160 g/mol. The first-order chi connectivity index (χ1) is 6.33. The number of rotatable bonds is 5. The largest absolute Gasteiger partial charge is 0.396 e. The Morgan fingerprint density at radius 1 is 1.08 bits per heavy atom. The lowest BCUT2D eigenvalue weighted by Gasteiger charge is -2.37. The fraction of sp³-hybridized carbons (Fsp3) is 1.00. The van der Waals surface area contributed by atoms with Crippen molar-refractivity contribution >= 4 is 0 Å². The first kappa shape index (κ1) is 11.0. The Balaban J connectivity index is 2.40. The SMILES string of the molecule is CCCC1(CCCO)CCCCC1. The summed E-state index contributed by atoms with van der Waals surface area (Å²) in [5.41, 5.74) is 0.621. The number of aliphatic hydroxyl groups excluding tert-OH is 1. The Bertz CT molecular complexity index is 120. The third kappa shape index (κ3) is 3.30. The van der Waals surface area contributed by atoms with Crippen molar-refractivity contribution in [2.24, 2.45) is 5.41 Å². The second-order valence-corrected chi connectivity index (χ2v) is 4.64. The topological polar surface area (TPSA) is 20.2 Å². The van der Waals surface area contributed by atoms with E-state index in [1.54, 1.807) is 0 Å². The van der Waals surface area contributed by atoms with Gasteiger partial charge in [-0.05, 0) is 37.5 Å². The summed E-state index contributed by atoms with van der Waals surface area (Å²) in [6.07, 6.45) is 12.1. The van der Waals surface area contributed by atoms with E-state index in [1.807, 2.05) is 0 Å². The van der Waals surface area contributed by atoms with Crippen molar-refractivity contribution in [3.8, 4) is 0 Å². The Kier molecular flexibility index (Phi) is 4.79. The Morgan fingerprint density at radius 2 is 1.77 bits per heavy atom. The maximum Gasteiger partial charge on any atom is 0.0431 e. The first-order valence-electron chi connectivity index (χ1n) is 5.94. The molecule has 0 heterocycles. The molecule has 0 spiro atoms. The lowest BCUT2D eigenvalue weighted by Crippen LogP contribution is -2.24. The lowest BCUT2D eigenvalue weighted by atomic mass is 9.68. The maximum absolute atomic E-state index is 8.88. The van der Waals surface area contributed by atoms with Gasteiger partial charge >= 0.3 is 0 Å². The van der Waals surface area contributed by atoms with Crippen molar-refractivity contribution < 1.29 is 5.11 Å². The molecule has 1 rings (SSSR count). The number of aliphatic hydroxyl groups is 1. The van der Waals surface area contributed by atoms with Gasteiger partial charge < -0.3 is 5.11 Å². The van der Waals surface area contributed by atoms with Gasteiger partial charge in [-0.1, -0.05) is 32.6 Å². The summed E-state index contributed by atoms with van der Waals surface area (Å²) in [6, 6.07) is 0. The van der Waals surface area contributed by atoms with Crippen molar-refractivity contribution in [3.63, 3.8) is 0 Å². The van der Waals surface area contributed by atoms with E-state index in [4.69, 9.17) is 5.11 Å². The van der Waals surface area contributed by atoms with Gasteiger partial charge in [-0.3, -0.25) is 0 Å². The standard InChI is InChI=1S/C12H24O/c1-2-7-12(10-6-11-13)8-4-3-5-9-12/h13H,2-11H2,1H3. The fourth-order valence-corrected chi connectivity index (χ4v) is 2.91. The second-order valence-electron chi connectivity index (χ2n) is 4.64. The molecule has 0 radical (unpaired) electrons. The average molecular weight is 184 g/mol. The molecule has 1 aliphatic carbocycles. The van der Waals surface area contributed by atoms with Crippen LogP contribution in [-0.2, 0) is 0 Å². The molecule has 0 atom stereocenters. The van der Waals surface area contributed by atoms with E-state index in [0.717, 1.165) is 6.42 Å². The van der Waals surface area contributed by atoms with Gasteiger partial charge in [0.25, 0.3) is 0 Å². The summed E-state index contributed by atoms with van der Waals surface area (Å²) in [4.78, 5) is 0. The van der Waals surface area contributed by atoms with Crippen LogP contribution in [0.2, 0.25) is 0 Å². The zero-order chi connectivity index (χ0) is 9.57. The van der Waals surface area contributed by atoms with Gasteiger partial charge in [0.2, 0.25) is 0 Å². The average Bonchev–Trinajstić information content (AvgIpc) is 2.17. The molecule has 1 N–H and O–H groups in total. The van der Waals surface area contributed by atoms with E-state index in [9.17, 15) is 0 Å². The Hall–Kier alpha value is -0.0400. The Labute approximate surface area is 82.5 Å². The molecule has 0 bridgehead atoms. The summed E-state index contributed by atoms with van der Waals surface area (Å²) in [7, 11) is 0. The number of hydrogen-bond acceptors (Lipinski definition) is 1. The molecule has 0 aromatic rings. The smallest absolute Gasteiger partial charge is 0.0431 e. The monoisotopic (exact) mass is 184 g/mol. The summed E-state index contributed by atoms with van der Waals surface area (Å²) >= 11 is 0. The summed E-state index contributed by atoms with van der Waals surface area (Å²) in [6.45, 7) is 2.67. The van der Waals surface area contributed by atoms with Crippen LogP contribution in [0.5, 0.6) is 0 Å². The molecule has 0 aromatic carbocycles. The van der Waals surface area contributed by atoms with E-state index in [2.05, 4.69) is 6.92 Å². The van der Waals surface area contributed by atoms with Crippen molar-refractivity contribution in [1.29, 1.82) is 0 Å². The molecular formula is C12H24O. The molecule has 1 aliphatic rings. The molecule has 0 unspecified atom stereocenters. The predicted molar refractivity (Wildman–Crippen MR) is 56.7 cm³/mol. The van der Waals surface area contributed by atoms with Crippen LogP contribution in [0.3, 0.4) is 0 Å². The van der Waals surface area contributed by atoms with E-state index in [-0.39, 0.29) is 0 Å². The molecule has 1 fully saturated rings. The minimum absolute atomic E-state index is 0.380. The van der Waals surface area contributed by atoms with E-state index in [1.165, 1.54) is 51.4 Å². The van der Waals surface area contributed by atoms with Crippen LogP contribution in [-0.4, -0.2) is 11.7 Å². The van der Waals surface area contributed by atoms with E-state index < -0.39 is 0 Å². The number of hydrogen-bond donors (Lipinski definition) is 1. The van der Waals surface area contributed by atoms with Crippen LogP contribution in [0.4, 0.5) is 0 Å². The third-order valence-electron chi connectivity index (χ3n) is 3.56. The van der Waals surface area contributed by atoms with Crippen LogP contribution < -0.4 is 0 Å². The van der Waals surface area contributed by atoms with Gasteiger partial charge in [0, 0.05) is 6.61 Å². The van der Waals surface area contributed by atoms with E-state index >= 15 is 0 Å². The van der Waals surface area contributed by atoms with Crippen LogP contribution >= 0.6 is 0 Å². The van der Waals surface area contributed by atoms with Crippen molar-refractivity contribution in [2.75, 3.05) is 6.61 Å². The maximum atomic E-state index is 8.88. The third-order valence-corrected chi connectivity index (χ3v) is 3.56. The summed E-state index contributed by atoms with van der Waals surface area (Å²) in [5.74, 6) is 0. The van der Waals surface area contributed by atoms with E-state index in [0.29, 0.717) is 12.0 Å². The highest BCUT2D eigenvalue weighted by Crippen LogP contribution is 2.43. The predicted octanol–water partition coefficient (Wildman–Crippen LogP) is 3.51. The van der Waals surface area contributed by atoms with Gasteiger partial charge in [0.1, 0.15) is 0 Å². The van der Waals surface area contributed by atoms with Crippen LogP contribution in [0, 0.1) is 5.41 Å². The minimum atomic E-state index is 0.380. The first-order valence-corrected chi connectivity index (χ1v) is 5.94. The molecule has 1 heteroatoms. The minimum Gasteiger partial charge on any atom is -0.396 e. The summed E-state index contributed by atoms with van der Waals surface area (Å²) in [5, 5.41) is 8.88. The van der Waals surface area contributed by atoms with Crippen LogP contribution in [0.15, 0.2) is 0 Å². The second kappa shape index (κ2) is 5.64. The quantitative estimate of drug-likeness (QED) is 0.693. The van der Waals surface area contributed by atoms with Crippen molar-refractivity contribution in [2.45, 2.75) is 64.7 Å². The fourth-order valence-electron chi connectivity index (χ4n) is 2.91. The Morgan fingerprint density at radius 3 is 2.31 bits per heavy atom. The highest BCUT2D eigenvalue weighted by Gasteiger charge is 2.29. The molecule has 13 heavy (non-hydrogen) atoms.